The Hall–Kier alpha value is -2.87. The predicted molar refractivity (Wildman–Crippen MR) is 113 cm³/mol. The number of hydrogen-bond acceptors (Lipinski definition) is 6. The lowest BCUT2D eigenvalue weighted by atomic mass is 10.2. The van der Waals surface area contributed by atoms with Crippen molar-refractivity contribution < 1.29 is 28.7 Å². The first-order valence-corrected chi connectivity index (χ1v) is 10.6. The number of fused-ring (bicyclic) bond motifs is 2. The van der Waals surface area contributed by atoms with Crippen molar-refractivity contribution in [3.05, 3.63) is 45.0 Å². The Balaban J connectivity index is 0.000000176. The third kappa shape index (κ3) is 4.04. The van der Waals surface area contributed by atoms with Gasteiger partial charge in [0.15, 0.2) is 11.6 Å². The maximum Gasteiger partial charge on any atom is 0.355 e. The van der Waals surface area contributed by atoms with Crippen LogP contribution in [0.1, 0.15) is 79.5 Å². The van der Waals surface area contributed by atoms with Gasteiger partial charge >= 0.3 is 11.9 Å². The minimum absolute atomic E-state index is 0.00569. The molecular formula is C22H25ClN2O6. The quantitative estimate of drug-likeness (QED) is 0.665. The van der Waals surface area contributed by atoms with Crippen LogP contribution in [0.15, 0.2) is 6.20 Å². The van der Waals surface area contributed by atoms with Gasteiger partial charge in [-0.2, -0.15) is 0 Å². The number of esters is 2. The molecule has 0 unspecified atom stereocenters. The molecule has 31 heavy (non-hydrogen) atoms. The fourth-order valence-electron chi connectivity index (χ4n) is 4.07. The summed E-state index contributed by atoms with van der Waals surface area (Å²) in [7, 11) is 3.43. The monoisotopic (exact) mass is 448 g/mol. The van der Waals surface area contributed by atoms with Gasteiger partial charge in [-0.15, -0.1) is 0 Å². The van der Waals surface area contributed by atoms with Gasteiger partial charge in [-0.3, -0.25) is 9.59 Å². The lowest BCUT2D eigenvalue weighted by molar-refractivity contribution is 0.0504. The van der Waals surface area contributed by atoms with Gasteiger partial charge in [0, 0.05) is 38.7 Å². The van der Waals surface area contributed by atoms with Crippen LogP contribution in [0.3, 0.4) is 0 Å². The van der Waals surface area contributed by atoms with Crippen LogP contribution in [0.5, 0.6) is 0 Å². The molecule has 2 aromatic rings. The number of nitrogens with zero attached hydrogens (tertiary/aromatic N) is 2. The maximum absolute atomic E-state index is 11.7. The van der Waals surface area contributed by atoms with E-state index in [0.29, 0.717) is 66.6 Å². The minimum atomic E-state index is -0.414. The SMILES string of the molecule is CCOC(=O)c1c2c(c(Cl)n1C)C(=O)CC2.CCOC(=O)c1c2c(cn1C)C(=O)CC2. The molecule has 8 nitrogen and oxygen atoms in total. The number of carbonyl (C=O) groups is 4. The number of ether oxygens (including phenoxy) is 2. The molecular weight excluding hydrogens is 424 g/mol. The number of aromatic nitrogens is 2. The highest BCUT2D eigenvalue weighted by Crippen LogP contribution is 2.34. The first-order chi connectivity index (χ1) is 14.7. The third-order valence-electron chi connectivity index (χ3n) is 5.43. The molecule has 0 fully saturated rings. The van der Waals surface area contributed by atoms with Gasteiger partial charge in [0.1, 0.15) is 16.5 Å². The summed E-state index contributed by atoms with van der Waals surface area (Å²) in [5.74, 6) is -0.624. The van der Waals surface area contributed by atoms with Crippen LogP contribution in [-0.2, 0) is 36.4 Å². The average molecular weight is 449 g/mol. The molecule has 2 aromatic heterocycles. The third-order valence-corrected chi connectivity index (χ3v) is 5.87. The van der Waals surface area contributed by atoms with Gasteiger partial charge in [0.25, 0.3) is 0 Å². The summed E-state index contributed by atoms with van der Waals surface area (Å²) in [5.41, 5.74) is 3.69. The predicted octanol–water partition coefficient (Wildman–Crippen LogP) is 3.31. The summed E-state index contributed by atoms with van der Waals surface area (Å²) >= 11 is 6.03. The molecule has 0 aromatic carbocycles. The molecule has 0 spiro atoms. The van der Waals surface area contributed by atoms with Crippen molar-refractivity contribution in [2.75, 3.05) is 13.2 Å². The highest BCUT2D eigenvalue weighted by Gasteiger charge is 2.33. The Labute approximate surface area is 185 Å². The van der Waals surface area contributed by atoms with Gasteiger partial charge in [0.2, 0.25) is 0 Å². The van der Waals surface area contributed by atoms with Crippen molar-refractivity contribution in [2.24, 2.45) is 14.1 Å². The van der Waals surface area contributed by atoms with E-state index in [1.807, 2.05) is 0 Å². The Morgan fingerprint density at radius 3 is 2.06 bits per heavy atom. The summed E-state index contributed by atoms with van der Waals surface area (Å²) in [5, 5.41) is 0.334. The van der Waals surface area contributed by atoms with E-state index in [-0.39, 0.29) is 17.5 Å². The van der Waals surface area contributed by atoms with Crippen molar-refractivity contribution in [1.82, 2.24) is 9.13 Å². The topological polar surface area (TPSA) is 96.6 Å². The normalized spacial score (nSPS) is 14.1. The van der Waals surface area contributed by atoms with Crippen molar-refractivity contribution >= 4 is 35.1 Å². The zero-order valence-electron chi connectivity index (χ0n) is 18.0. The van der Waals surface area contributed by atoms with Crippen molar-refractivity contribution in [3.8, 4) is 0 Å². The van der Waals surface area contributed by atoms with Crippen molar-refractivity contribution in [2.45, 2.75) is 39.5 Å². The fourth-order valence-corrected chi connectivity index (χ4v) is 4.37. The lowest BCUT2D eigenvalue weighted by Gasteiger charge is -2.05. The zero-order valence-corrected chi connectivity index (χ0v) is 18.8. The molecule has 9 heteroatoms. The highest BCUT2D eigenvalue weighted by atomic mass is 35.5. The summed E-state index contributed by atoms with van der Waals surface area (Å²) in [6.45, 7) is 4.18. The largest absolute Gasteiger partial charge is 0.461 e. The maximum atomic E-state index is 11.7. The average Bonchev–Trinajstić information content (AvgIpc) is 3.42. The lowest BCUT2D eigenvalue weighted by Crippen LogP contribution is -2.12. The van der Waals surface area contributed by atoms with E-state index < -0.39 is 5.97 Å². The minimum Gasteiger partial charge on any atom is -0.461 e. The van der Waals surface area contributed by atoms with Crippen molar-refractivity contribution in [3.63, 3.8) is 0 Å². The first-order valence-electron chi connectivity index (χ1n) is 10.2. The van der Waals surface area contributed by atoms with Crippen LogP contribution in [0.25, 0.3) is 0 Å². The summed E-state index contributed by atoms with van der Waals surface area (Å²) in [6.07, 6.45) is 3.89. The number of rotatable bonds is 4. The highest BCUT2D eigenvalue weighted by molar-refractivity contribution is 6.34. The number of hydrogen-bond donors (Lipinski definition) is 0. The number of halogens is 1. The van der Waals surface area contributed by atoms with E-state index in [0.717, 1.165) is 11.1 Å². The van der Waals surface area contributed by atoms with E-state index in [2.05, 4.69) is 0 Å². The van der Waals surface area contributed by atoms with Gasteiger partial charge in [0.05, 0.1) is 18.8 Å². The van der Waals surface area contributed by atoms with E-state index in [4.69, 9.17) is 21.1 Å². The van der Waals surface area contributed by atoms with E-state index in [9.17, 15) is 19.2 Å². The molecule has 0 radical (unpaired) electrons. The zero-order chi connectivity index (χ0) is 22.9. The van der Waals surface area contributed by atoms with Crippen LogP contribution in [0.4, 0.5) is 0 Å². The van der Waals surface area contributed by atoms with Crippen LogP contribution in [0.2, 0.25) is 5.15 Å². The number of carbonyl (C=O) groups excluding carboxylic acids is 4. The van der Waals surface area contributed by atoms with Gasteiger partial charge in [-0.25, -0.2) is 9.59 Å². The van der Waals surface area contributed by atoms with Gasteiger partial charge < -0.3 is 18.6 Å². The first kappa shape index (κ1) is 22.8. The standard InChI is InChI=1S/C11H12ClNO3.C11H13NO3/c1-3-16-11(15)9-6-4-5-7(14)8(6)10(12)13(9)2;1-3-15-11(14)10-7-4-5-9(13)8(7)6-12(10)2/h3-5H2,1-2H3;6H,3-5H2,1-2H3. The summed E-state index contributed by atoms with van der Waals surface area (Å²) in [4.78, 5) is 46.4. The smallest absolute Gasteiger partial charge is 0.355 e. The Bertz CT molecular complexity index is 1080. The molecule has 0 saturated carbocycles. The molecule has 0 amide bonds. The van der Waals surface area contributed by atoms with Crippen molar-refractivity contribution in [1.29, 1.82) is 0 Å². The molecule has 2 aliphatic rings. The summed E-state index contributed by atoms with van der Waals surface area (Å²) < 4.78 is 13.1. The number of ketones is 2. The van der Waals surface area contributed by atoms with Gasteiger partial charge in [-0.1, -0.05) is 11.6 Å². The molecule has 0 atom stereocenters. The van der Waals surface area contributed by atoms with E-state index in [1.54, 1.807) is 38.7 Å². The second-order valence-corrected chi connectivity index (χ2v) is 7.68. The van der Waals surface area contributed by atoms with Crippen LogP contribution in [0, 0.1) is 0 Å². The number of aryl methyl sites for hydroxylation is 1. The van der Waals surface area contributed by atoms with Crippen LogP contribution >= 0.6 is 11.6 Å². The second kappa shape index (κ2) is 9.09. The molecule has 0 saturated heterocycles. The van der Waals surface area contributed by atoms with E-state index >= 15 is 0 Å². The Morgan fingerprint density at radius 1 is 0.903 bits per heavy atom. The molecule has 0 aliphatic heterocycles. The fraction of sp³-hybridized carbons (Fsp3) is 0.455. The molecule has 166 valence electrons. The molecule has 0 N–H and O–H groups in total. The molecule has 2 heterocycles. The summed E-state index contributed by atoms with van der Waals surface area (Å²) in [6, 6.07) is 0. The van der Waals surface area contributed by atoms with Gasteiger partial charge in [-0.05, 0) is 37.8 Å². The van der Waals surface area contributed by atoms with Crippen LogP contribution < -0.4 is 0 Å². The Kier molecular flexibility index (Phi) is 6.69. The second-order valence-electron chi connectivity index (χ2n) is 7.32. The van der Waals surface area contributed by atoms with E-state index in [1.165, 1.54) is 4.57 Å². The molecule has 2 aliphatic carbocycles. The number of Topliss-reactive ketones (excluding diaryl/α,β-unsaturated/α-hetero) is 2. The van der Waals surface area contributed by atoms with Crippen LogP contribution in [-0.4, -0.2) is 45.9 Å². The Morgan fingerprint density at radius 2 is 1.45 bits per heavy atom. The molecule has 0 bridgehead atoms. The molecule has 4 rings (SSSR count).